The molecular formula is C18H18N4O2. The lowest BCUT2D eigenvalue weighted by atomic mass is 10.1. The fraction of sp³-hybridized carbons (Fsp3) is 0.333. The molecule has 1 saturated carbocycles. The molecule has 2 aromatic heterocycles. The highest BCUT2D eigenvalue weighted by Crippen LogP contribution is 2.40. The van der Waals surface area contributed by atoms with Gasteiger partial charge in [0.25, 0.3) is 5.91 Å². The van der Waals surface area contributed by atoms with E-state index in [1.54, 1.807) is 30.7 Å². The van der Waals surface area contributed by atoms with Gasteiger partial charge in [0, 0.05) is 42.5 Å². The number of nitrogens with zero attached hydrogens (tertiary/aromatic N) is 3. The van der Waals surface area contributed by atoms with Crippen molar-refractivity contribution in [1.29, 1.82) is 0 Å². The van der Waals surface area contributed by atoms with Crippen LogP contribution in [0.1, 0.15) is 47.6 Å². The van der Waals surface area contributed by atoms with Gasteiger partial charge < -0.3 is 9.73 Å². The van der Waals surface area contributed by atoms with Gasteiger partial charge >= 0.3 is 0 Å². The van der Waals surface area contributed by atoms with Gasteiger partial charge in [0.2, 0.25) is 0 Å². The Morgan fingerprint density at radius 1 is 1.38 bits per heavy atom. The van der Waals surface area contributed by atoms with Crippen LogP contribution in [-0.4, -0.2) is 26.9 Å². The predicted molar refractivity (Wildman–Crippen MR) is 88.6 cm³/mol. The second-order valence-electron chi connectivity index (χ2n) is 6.28. The van der Waals surface area contributed by atoms with Gasteiger partial charge in [-0.2, -0.15) is 0 Å². The zero-order chi connectivity index (χ0) is 16.5. The van der Waals surface area contributed by atoms with Crippen molar-refractivity contribution in [2.45, 2.75) is 38.1 Å². The summed E-state index contributed by atoms with van der Waals surface area (Å²) in [6, 6.07) is 5.35. The lowest BCUT2D eigenvalue weighted by molar-refractivity contribution is 0.0940. The largest absolute Gasteiger partial charge is 0.440 e. The molecule has 0 aliphatic heterocycles. The topological polar surface area (TPSA) is 80.9 Å². The van der Waals surface area contributed by atoms with E-state index >= 15 is 0 Å². The third-order valence-electron chi connectivity index (χ3n) is 4.10. The van der Waals surface area contributed by atoms with Crippen LogP contribution < -0.4 is 5.32 Å². The van der Waals surface area contributed by atoms with Crippen molar-refractivity contribution in [3.05, 3.63) is 53.9 Å². The highest BCUT2D eigenvalue weighted by molar-refractivity contribution is 5.97. The third kappa shape index (κ3) is 3.13. The number of carbonyl (C=O) groups excluding carboxylic acids is 1. The van der Waals surface area contributed by atoms with Gasteiger partial charge in [-0.3, -0.25) is 14.8 Å². The van der Waals surface area contributed by atoms with E-state index < -0.39 is 0 Å². The summed E-state index contributed by atoms with van der Waals surface area (Å²) >= 11 is 0. The van der Waals surface area contributed by atoms with Crippen molar-refractivity contribution in [1.82, 2.24) is 20.3 Å². The number of hydrogen-bond donors (Lipinski definition) is 1. The zero-order valence-electron chi connectivity index (χ0n) is 13.4. The summed E-state index contributed by atoms with van der Waals surface area (Å²) in [6.07, 6.45) is 7.91. The third-order valence-corrected chi connectivity index (χ3v) is 4.10. The SMILES string of the molecule is C[C@H](Cc1cnccn1)NC(=O)c1ccc2nc(C3CC3)oc2c1. The number of rotatable bonds is 5. The second-order valence-corrected chi connectivity index (χ2v) is 6.28. The maximum atomic E-state index is 12.4. The summed E-state index contributed by atoms with van der Waals surface area (Å²) in [5.41, 5.74) is 2.91. The Labute approximate surface area is 139 Å². The Hall–Kier alpha value is -2.76. The molecule has 0 spiro atoms. The first-order valence-corrected chi connectivity index (χ1v) is 8.15. The second kappa shape index (κ2) is 6.03. The van der Waals surface area contributed by atoms with Gasteiger partial charge in [0.05, 0.1) is 5.69 Å². The molecule has 0 radical (unpaired) electrons. The van der Waals surface area contributed by atoms with Gasteiger partial charge in [-0.1, -0.05) is 0 Å². The molecule has 2 heterocycles. The van der Waals surface area contributed by atoms with Crippen molar-refractivity contribution in [2.24, 2.45) is 0 Å². The van der Waals surface area contributed by atoms with Crippen LogP contribution in [0.15, 0.2) is 41.2 Å². The van der Waals surface area contributed by atoms with E-state index in [1.807, 2.05) is 13.0 Å². The standard InChI is InChI=1S/C18H18N4O2/c1-11(8-14-10-19-6-7-20-14)21-17(23)13-4-5-15-16(9-13)24-18(22-15)12-2-3-12/h4-7,9-12H,2-3,8H2,1H3,(H,21,23)/t11-/m1/s1. The van der Waals surface area contributed by atoms with Gasteiger partial charge in [-0.05, 0) is 38.0 Å². The number of oxazole rings is 1. The molecular weight excluding hydrogens is 304 g/mol. The first kappa shape index (κ1) is 14.8. The molecule has 0 bridgehead atoms. The average molecular weight is 322 g/mol. The van der Waals surface area contributed by atoms with Gasteiger partial charge in [0.15, 0.2) is 11.5 Å². The smallest absolute Gasteiger partial charge is 0.251 e. The van der Waals surface area contributed by atoms with Crippen LogP contribution in [-0.2, 0) is 6.42 Å². The first-order chi connectivity index (χ1) is 11.7. The minimum atomic E-state index is -0.127. The minimum absolute atomic E-state index is 0.0401. The molecule has 4 rings (SSSR count). The monoisotopic (exact) mass is 322 g/mol. The summed E-state index contributed by atoms with van der Waals surface area (Å²) < 4.78 is 5.77. The fourth-order valence-corrected chi connectivity index (χ4v) is 2.70. The van der Waals surface area contributed by atoms with E-state index in [2.05, 4.69) is 20.3 Å². The van der Waals surface area contributed by atoms with Crippen LogP contribution in [0.25, 0.3) is 11.1 Å². The summed E-state index contributed by atoms with van der Waals surface area (Å²) in [7, 11) is 0. The van der Waals surface area contributed by atoms with Crippen molar-refractivity contribution < 1.29 is 9.21 Å². The molecule has 1 atom stereocenters. The maximum Gasteiger partial charge on any atom is 0.251 e. The molecule has 3 aromatic rings. The van der Waals surface area contributed by atoms with Crippen LogP contribution in [0.3, 0.4) is 0 Å². The quantitative estimate of drug-likeness (QED) is 0.781. The molecule has 1 fully saturated rings. The highest BCUT2D eigenvalue weighted by atomic mass is 16.3. The van der Waals surface area contributed by atoms with E-state index in [0.717, 1.165) is 29.9 Å². The molecule has 1 aliphatic rings. The van der Waals surface area contributed by atoms with E-state index in [0.29, 0.717) is 23.5 Å². The molecule has 24 heavy (non-hydrogen) atoms. The number of hydrogen-bond acceptors (Lipinski definition) is 5. The summed E-state index contributed by atoms with van der Waals surface area (Å²) in [6.45, 7) is 1.95. The predicted octanol–water partition coefficient (Wildman–Crippen LogP) is 2.86. The van der Waals surface area contributed by atoms with Crippen molar-refractivity contribution in [2.75, 3.05) is 0 Å². The zero-order valence-corrected chi connectivity index (χ0v) is 13.4. The summed E-state index contributed by atoms with van der Waals surface area (Å²) in [4.78, 5) is 25.2. The molecule has 6 heteroatoms. The van der Waals surface area contributed by atoms with E-state index in [4.69, 9.17) is 4.42 Å². The van der Waals surface area contributed by atoms with Crippen LogP contribution in [0.4, 0.5) is 0 Å². The number of fused-ring (bicyclic) bond motifs is 1. The highest BCUT2D eigenvalue weighted by Gasteiger charge is 2.29. The molecule has 1 aromatic carbocycles. The van der Waals surface area contributed by atoms with Crippen LogP contribution in [0.5, 0.6) is 0 Å². The summed E-state index contributed by atoms with van der Waals surface area (Å²) in [5, 5.41) is 2.98. The van der Waals surface area contributed by atoms with Crippen molar-refractivity contribution in [3.63, 3.8) is 0 Å². The minimum Gasteiger partial charge on any atom is -0.440 e. The lowest BCUT2D eigenvalue weighted by Gasteiger charge is -2.13. The molecule has 1 N–H and O–H groups in total. The first-order valence-electron chi connectivity index (χ1n) is 8.15. The number of benzene rings is 1. The number of amides is 1. The van der Waals surface area contributed by atoms with Gasteiger partial charge in [-0.25, -0.2) is 4.98 Å². The molecule has 0 saturated heterocycles. The number of carbonyl (C=O) groups is 1. The molecule has 6 nitrogen and oxygen atoms in total. The fourth-order valence-electron chi connectivity index (χ4n) is 2.70. The number of aromatic nitrogens is 3. The Morgan fingerprint density at radius 3 is 3.00 bits per heavy atom. The van der Waals surface area contributed by atoms with Crippen LogP contribution in [0.2, 0.25) is 0 Å². The van der Waals surface area contributed by atoms with Crippen molar-refractivity contribution >= 4 is 17.0 Å². The summed E-state index contributed by atoms with van der Waals surface area (Å²) in [5.74, 6) is 1.12. The Kier molecular flexibility index (Phi) is 3.72. The molecule has 1 aliphatic carbocycles. The van der Waals surface area contributed by atoms with Crippen molar-refractivity contribution in [3.8, 4) is 0 Å². The Balaban J connectivity index is 1.46. The molecule has 1 amide bonds. The normalized spacial score (nSPS) is 15.4. The van der Waals surface area contributed by atoms with Gasteiger partial charge in [-0.15, -0.1) is 0 Å². The van der Waals surface area contributed by atoms with Crippen LogP contribution >= 0.6 is 0 Å². The van der Waals surface area contributed by atoms with E-state index in [1.165, 1.54) is 0 Å². The molecule has 122 valence electrons. The maximum absolute atomic E-state index is 12.4. The van der Waals surface area contributed by atoms with E-state index in [-0.39, 0.29) is 11.9 Å². The lowest BCUT2D eigenvalue weighted by Crippen LogP contribution is -2.34. The van der Waals surface area contributed by atoms with Crippen LogP contribution in [0, 0.1) is 0 Å². The number of nitrogens with one attached hydrogen (secondary N) is 1. The molecule has 0 unspecified atom stereocenters. The van der Waals surface area contributed by atoms with E-state index in [9.17, 15) is 4.79 Å². The average Bonchev–Trinajstić information content (AvgIpc) is 3.34. The Bertz CT molecular complexity index is 871. The Morgan fingerprint density at radius 2 is 2.25 bits per heavy atom. The van der Waals surface area contributed by atoms with Gasteiger partial charge in [0.1, 0.15) is 5.52 Å².